The number of carbonyl (C=O) groups excluding carboxylic acids is 1. The smallest absolute Gasteiger partial charge is 0.185 e. The molecule has 5 N–H and O–H groups in total. The van der Waals surface area contributed by atoms with Gasteiger partial charge in [0.05, 0.1) is 22.3 Å². The lowest BCUT2D eigenvalue weighted by atomic mass is 9.97. The van der Waals surface area contributed by atoms with Crippen molar-refractivity contribution in [3.8, 4) is 0 Å². The van der Waals surface area contributed by atoms with Gasteiger partial charge in [0, 0.05) is 12.2 Å². The molecule has 0 bridgehead atoms. The van der Waals surface area contributed by atoms with Gasteiger partial charge in [-0.1, -0.05) is 11.6 Å². The molecule has 14 heavy (non-hydrogen) atoms. The molecule has 74 valence electrons. The largest absolute Gasteiger partial charge is 0.398 e. The second-order valence-corrected chi connectivity index (χ2v) is 3.65. The zero-order valence-corrected chi connectivity index (χ0v) is 8.14. The summed E-state index contributed by atoms with van der Waals surface area (Å²) in [7, 11) is 0. The number of nitrogens with one attached hydrogen (secondary N) is 1. The van der Waals surface area contributed by atoms with Crippen LogP contribution < -0.4 is 16.8 Å². The van der Waals surface area contributed by atoms with Gasteiger partial charge in [-0.3, -0.25) is 4.79 Å². The lowest BCUT2D eigenvalue weighted by molar-refractivity contribution is 0.0963. The standard InChI is InChI=1S/C9H10ClN3O/c10-4-1-2-5(11)7-8(4)13-3-6(12)9(7)14/h1-2,6,13H,3,11-12H2. The van der Waals surface area contributed by atoms with Crippen molar-refractivity contribution in [3.63, 3.8) is 0 Å². The summed E-state index contributed by atoms with van der Waals surface area (Å²) in [6.07, 6.45) is 0. The minimum Gasteiger partial charge on any atom is -0.398 e. The van der Waals surface area contributed by atoms with Crippen molar-refractivity contribution >= 4 is 28.8 Å². The molecule has 5 heteroatoms. The van der Waals surface area contributed by atoms with Crippen molar-refractivity contribution in [2.24, 2.45) is 5.73 Å². The van der Waals surface area contributed by atoms with Gasteiger partial charge in [0.25, 0.3) is 0 Å². The van der Waals surface area contributed by atoms with Crippen LogP contribution in [0.4, 0.5) is 11.4 Å². The summed E-state index contributed by atoms with van der Waals surface area (Å²) < 4.78 is 0. The zero-order chi connectivity index (χ0) is 10.3. The number of nitrogen functional groups attached to an aromatic ring is 1. The molecule has 4 nitrogen and oxygen atoms in total. The first-order valence-corrected chi connectivity index (χ1v) is 4.60. The molecular formula is C9H10ClN3O. The van der Waals surface area contributed by atoms with Crippen LogP contribution in [0.3, 0.4) is 0 Å². The number of hydrogen-bond acceptors (Lipinski definition) is 4. The van der Waals surface area contributed by atoms with E-state index in [2.05, 4.69) is 5.32 Å². The van der Waals surface area contributed by atoms with Gasteiger partial charge in [-0.2, -0.15) is 0 Å². The number of carbonyl (C=O) groups is 1. The Morgan fingerprint density at radius 1 is 1.50 bits per heavy atom. The molecule has 1 aliphatic rings. The summed E-state index contributed by atoms with van der Waals surface area (Å²) in [4.78, 5) is 11.7. The van der Waals surface area contributed by atoms with E-state index in [-0.39, 0.29) is 5.78 Å². The molecule has 0 spiro atoms. The van der Waals surface area contributed by atoms with Crippen LogP contribution in [0, 0.1) is 0 Å². The summed E-state index contributed by atoms with van der Waals surface area (Å²) in [5, 5.41) is 3.49. The van der Waals surface area contributed by atoms with E-state index in [9.17, 15) is 4.79 Å². The molecule has 1 aromatic rings. The molecule has 1 aromatic carbocycles. The fraction of sp³-hybridized carbons (Fsp3) is 0.222. The first kappa shape index (κ1) is 9.30. The quantitative estimate of drug-likeness (QED) is 0.556. The van der Waals surface area contributed by atoms with E-state index in [1.54, 1.807) is 12.1 Å². The molecule has 0 aliphatic carbocycles. The monoisotopic (exact) mass is 211 g/mol. The Kier molecular flexibility index (Phi) is 2.09. The third kappa shape index (κ3) is 1.23. The number of Topliss-reactive ketones (excluding diaryl/α,β-unsaturated/α-hetero) is 1. The Morgan fingerprint density at radius 3 is 2.93 bits per heavy atom. The highest BCUT2D eigenvalue weighted by Gasteiger charge is 2.27. The van der Waals surface area contributed by atoms with Crippen molar-refractivity contribution < 1.29 is 4.79 Å². The molecular weight excluding hydrogens is 202 g/mol. The first-order valence-electron chi connectivity index (χ1n) is 4.23. The predicted octanol–water partition coefficient (Wildman–Crippen LogP) is 0.858. The maximum atomic E-state index is 11.7. The Hall–Kier alpha value is -1.26. The average Bonchev–Trinajstić information content (AvgIpc) is 2.16. The van der Waals surface area contributed by atoms with Crippen molar-refractivity contribution in [3.05, 3.63) is 22.7 Å². The van der Waals surface area contributed by atoms with Crippen LogP contribution >= 0.6 is 11.6 Å². The Labute approximate surface area is 86.2 Å². The summed E-state index contributed by atoms with van der Waals surface area (Å²) in [6.45, 7) is 0.398. The van der Waals surface area contributed by atoms with E-state index in [0.717, 1.165) is 0 Å². The Bertz CT molecular complexity index is 405. The van der Waals surface area contributed by atoms with Gasteiger partial charge in [0.2, 0.25) is 0 Å². The highest BCUT2D eigenvalue weighted by molar-refractivity contribution is 6.35. The minimum atomic E-state index is -0.539. The van der Waals surface area contributed by atoms with Gasteiger partial charge in [0.15, 0.2) is 5.78 Å². The van der Waals surface area contributed by atoms with Gasteiger partial charge >= 0.3 is 0 Å². The number of rotatable bonds is 0. The van der Waals surface area contributed by atoms with E-state index in [1.807, 2.05) is 0 Å². The molecule has 2 rings (SSSR count). The third-order valence-corrected chi connectivity index (χ3v) is 2.58. The van der Waals surface area contributed by atoms with Crippen molar-refractivity contribution in [2.45, 2.75) is 6.04 Å². The minimum absolute atomic E-state index is 0.154. The zero-order valence-electron chi connectivity index (χ0n) is 7.38. The number of halogens is 1. The molecule has 1 heterocycles. The second-order valence-electron chi connectivity index (χ2n) is 3.24. The van der Waals surface area contributed by atoms with E-state index >= 15 is 0 Å². The summed E-state index contributed by atoms with van der Waals surface area (Å²) >= 11 is 5.92. The van der Waals surface area contributed by atoms with Gasteiger partial charge in [-0.25, -0.2) is 0 Å². The molecule has 1 unspecified atom stereocenters. The number of nitrogens with two attached hydrogens (primary N) is 2. The van der Waals surface area contributed by atoms with E-state index in [0.29, 0.717) is 28.5 Å². The van der Waals surface area contributed by atoms with Crippen LogP contribution in [0.15, 0.2) is 12.1 Å². The number of fused-ring (bicyclic) bond motifs is 1. The van der Waals surface area contributed by atoms with E-state index in [1.165, 1.54) is 0 Å². The van der Waals surface area contributed by atoms with Crippen LogP contribution in [-0.2, 0) is 0 Å². The molecule has 1 atom stereocenters. The van der Waals surface area contributed by atoms with Gasteiger partial charge in [-0.05, 0) is 12.1 Å². The summed E-state index contributed by atoms with van der Waals surface area (Å²) in [6, 6.07) is 2.73. The fourth-order valence-electron chi connectivity index (χ4n) is 1.52. The highest BCUT2D eigenvalue weighted by atomic mass is 35.5. The van der Waals surface area contributed by atoms with Crippen LogP contribution in [0.1, 0.15) is 10.4 Å². The lowest BCUT2D eigenvalue weighted by Gasteiger charge is -2.24. The molecule has 1 aliphatic heterocycles. The molecule has 0 saturated carbocycles. The highest BCUT2D eigenvalue weighted by Crippen LogP contribution is 2.33. The number of ketones is 1. The van der Waals surface area contributed by atoms with E-state index < -0.39 is 6.04 Å². The maximum absolute atomic E-state index is 11.7. The van der Waals surface area contributed by atoms with Crippen LogP contribution in [0.2, 0.25) is 5.02 Å². The van der Waals surface area contributed by atoms with Crippen molar-refractivity contribution in [2.75, 3.05) is 17.6 Å². The van der Waals surface area contributed by atoms with Crippen molar-refractivity contribution in [1.29, 1.82) is 0 Å². The molecule has 0 radical (unpaired) electrons. The van der Waals surface area contributed by atoms with Crippen LogP contribution in [0.5, 0.6) is 0 Å². The molecule has 0 fully saturated rings. The topological polar surface area (TPSA) is 81.1 Å². The normalized spacial score (nSPS) is 20.1. The molecule has 0 amide bonds. The number of hydrogen-bond donors (Lipinski definition) is 3. The molecule has 0 aromatic heterocycles. The fourth-order valence-corrected chi connectivity index (χ4v) is 1.75. The Balaban J connectivity index is 2.64. The predicted molar refractivity (Wildman–Crippen MR) is 56.7 cm³/mol. The van der Waals surface area contributed by atoms with Gasteiger partial charge in [-0.15, -0.1) is 0 Å². The van der Waals surface area contributed by atoms with Crippen LogP contribution in [-0.4, -0.2) is 18.4 Å². The van der Waals surface area contributed by atoms with Gasteiger partial charge < -0.3 is 16.8 Å². The first-order chi connectivity index (χ1) is 6.61. The van der Waals surface area contributed by atoms with Crippen molar-refractivity contribution in [1.82, 2.24) is 0 Å². The number of anilines is 2. The summed E-state index contributed by atoms with van der Waals surface area (Å²) in [5.41, 5.74) is 12.7. The van der Waals surface area contributed by atoms with Crippen LogP contribution in [0.25, 0.3) is 0 Å². The maximum Gasteiger partial charge on any atom is 0.185 e. The second kappa shape index (κ2) is 3.15. The average molecular weight is 212 g/mol. The summed E-state index contributed by atoms with van der Waals surface area (Å²) in [5.74, 6) is -0.154. The lowest BCUT2D eigenvalue weighted by Crippen LogP contribution is -2.41. The molecule has 0 saturated heterocycles. The van der Waals surface area contributed by atoms with Gasteiger partial charge in [0.1, 0.15) is 0 Å². The Morgan fingerprint density at radius 2 is 2.21 bits per heavy atom. The number of benzene rings is 1. The SMILES string of the molecule is Nc1ccc(Cl)c2c1C(=O)C(N)CN2. The third-order valence-electron chi connectivity index (χ3n) is 2.27. The van der Waals surface area contributed by atoms with E-state index in [4.69, 9.17) is 23.1 Å².